The van der Waals surface area contributed by atoms with Gasteiger partial charge in [-0.1, -0.05) is 202 Å². The number of ether oxygens (including phenoxy) is 1. The molecule has 0 saturated carbocycles. The number of fused-ring (bicyclic) bond motifs is 22. The number of benzene rings is 11. The number of anilines is 3. The van der Waals surface area contributed by atoms with E-state index in [2.05, 4.69) is 255 Å². The molecule has 4 aliphatic rings. The highest BCUT2D eigenvalue weighted by Crippen LogP contribution is 2.63. The first-order valence-corrected chi connectivity index (χ1v) is 24.5. The van der Waals surface area contributed by atoms with Crippen LogP contribution in [0.25, 0.3) is 77.5 Å². The number of nitrogens with zero attached hydrogens (tertiary/aromatic N) is 1. The molecule has 1 spiro atoms. The summed E-state index contributed by atoms with van der Waals surface area (Å²) in [7, 11) is 0. The Morgan fingerprint density at radius 2 is 0.757 bits per heavy atom. The Labute approximate surface area is 408 Å². The van der Waals surface area contributed by atoms with Crippen LogP contribution >= 0.6 is 0 Å². The van der Waals surface area contributed by atoms with Gasteiger partial charge in [-0.15, -0.1) is 0 Å². The molecule has 70 heavy (non-hydrogen) atoms. The summed E-state index contributed by atoms with van der Waals surface area (Å²) in [5, 5.41) is 2.52. The van der Waals surface area contributed by atoms with Crippen molar-refractivity contribution in [3.8, 4) is 78.3 Å². The molecule has 1 atom stereocenters. The lowest BCUT2D eigenvalue weighted by molar-refractivity contribution is 0.488. The van der Waals surface area contributed by atoms with Crippen molar-refractivity contribution >= 4 is 27.8 Å². The Morgan fingerprint density at radius 1 is 0.300 bits per heavy atom. The van der Waals surface area contributed by atoms with Gasteiger partial charge in [0, 0.05) is 33.6 Å². The van der Waals surface area contributed by atoms with Gasteiger partial charge in [-0.3, -0.25) is 0 Å². The van der Waals surface area contributed by atoms with E-state index in [-0.39, 0.29) is 5.41 Å². The molecule has 0 amide bonds. The van der Waals surface area contributed by atoms with Crippen LogP contribution in [0.2, 0.25) is 0 Å². The summed E-state index contributed by atoms with van der Waals surface area (Å²) >= 11 is 0. The molecule has 11 aromatic carbocycles. The maximum absolute atomic E-state index is 6.85. The molecular formula is C68H45NO. The van der Waals surface area contributed by atoms with E-state index in [9.17, 15) is 0 Å². The second kappa shape index (κ2) is 14.4. The molecule has 3 aliphatic carbocycles. The molecule has 0 N–H and O–H groups in total. The van der Waals surface area contributed by atoms with Gasteiger partial charge in [-0.05, 0) is 148 Å². The zero-order chi connectivity index (χ0) is 46.3. The molecule has 0 aromatic heterocycles. The van der Waals surface area contributed by atoms with E-state index in [4.69, 9.17) is 4.74 Å². The molecule has 15 rings (SSSR count). The Morgan fingerprint density at radius 3 is 1.47 bits per heavy atom. The predicted octanol–water partition coefficient (Wildman–Crippen LogP) is 18.1. The Kier molecular flexibility index (Phi) is 8.08. The maximum atomic E-state index is 6.85. The third-order valence-electron chi connectivity index (χ3n) is 16.1. The highest BCUT2D eigenvalue weighted by atomic mass is 16.5. The minimum atomic E-state index is -0.656. The second-order valence-electron chi connectivity index (χ2n) is 19.9. The average molecular weight is 892 g/mol. The maximum Gasteiger partial charge on any atom is 0.135 e. The first-order valence-electron chi connectivity index (χ1n) is 24.5. The molecule has 1 aliphatic heterocycles. The SMILES string of the molecule is CC1(C)c2ccccc2-c2ccc(N(c3ccc4c(c3)-c3ccccc3-c3ccccc3O4)c3ccc4c(c3)C3(c5ccccc5-c5ccccc5-4)c4ccccc4-c4c3ccc3ccccc43)cc21. The van der Waals surface area contributed by atoms with Gasteiger partial charge in [-0.25, -0.2) is 0 Å². The van der Waals surface area contributed by atoms with Crippen LogP contribution < -0.4 is 9.64 Å². The molecule has 328 valence electrons. The zero-order valence-corrected chi connectivity index (χ0v) is 38.9. The van der Waals surface area contributed by atoms with Crippen molar-refractivity contribution < 1.29 is 4.74 Å². The molecular weight excluding hydrogens is 847 g/mol. The Balaban J connectivity index is 1.04. The first-order chi connectivity index (χ1) is 34.5. The van der Waals surface area contributed by atoms with E-state index in [0.717, 1.165) is 50.8 Å². The second-order valence-corrected chi connectivity index (χ2v) is 19.9. The van der Waals surface area contributed by atoms with E-state index < -0.39 is 5.41 Å². The van der Waals surface area contributed by atoms with Crippen LogP contribution in [0.4, 0.5) is 17.1 Å². The van der Waals surface area contributed by atoms with Crippen LogP contribution in [-0.2, 0) is 10.8 Å². The highest BCUT2D eigenvalue weighted by Gasteiger charge is 2.50. The Bertz CT molecular complexity index is 4040. The third-order valence-corrected chi connectivity index (χ3v) is 16.1. The zero-order valence-electron chi connectivity index (χ0n) is 38.9. The van der Waals surface area contributed by atoms with E-state index in [1.165, 1.54) is 88.7 Å². The smallest absolute Gasteiger partial charge is 0.135 e. The lowest BCUT2D eigenvalue weighted by atomic mass is 9.65. The summed E-state index contributed by atoms with van der Waals surface area (Å²) in [6.45, 7) is 4.75. The van der Waals surface area contributed by atoms with Crippen molar-refractivity contribution in [1.82, 2.24) is 0 Å². The van der Waals surface area contributed by atoms with Gasteiger partial charge in [0.15, 0.2) is 0 Å². The molecule has 2 nitrogen and oxygen atoms in total. The van der Waals surface area contributed by atoms with Crippen LogP contribution in [0.3, 0.4) is 0 Å². The van der Waals surface area contributed by atoms with E-state index in [1.54, 1.807) is 0 Å². The van der Waals surface area contributed by atoms with Gasteiger partial charge in [0.2, 0.25) is 0 Å². The Hall–Kier alpha value is -8.72. The van der Waals surface area contributed by atoms with E-state index >= 15 is 0 Å². The van der Waals surface area contributed by atoms with Gasteiger partial charge in [0.05, 0.1) is 5.41 Å². The van der Waals surface area contributed by atoms with Gasteiger partial charge in [0.25, 0.3) is 0 Å². The van der Waals surface area contributed by atoms with Gasteiger partial charge in [0.1, 0.15) is 11.5 Å². The van der Waals surface area contributed by atoms with Gasteiger partial charge < -0.3 is 9.64 Å². The van der Waals surface area contributed by atoms with Crippen LogP contribution in [0.15, 0.2) is 237 Å². The molecule has 11 aromatic rings. The lowest BCUT2D eigenvalue weighted by Crippen LogP contribution is -2.29. The van der Waals surface area contributed by atoms with Crippen LogP contribution in [-0.4, -0.2) is 0 Å². The summed E-state index contributed by atoms with van der Waals surface area (Å²) in [6, 6.07) is 88.4. The molecule has 0 fully saturated rings. The summed E-state index contributed by atoms with van der Waals surface area (Å²) in [5.41, 5.74) is 24.9. The summed E-state index contributed by atoms with van der Waals surface area (Å²) in [5.74, 6) is 1.70. The third kappa shape index (κ3) is 5.23. The lowest BCUT2D eigenvalue weighted by Gasteiger charge is -2.36. The minimum absolute atomic E-state index is 0.189. The average Bonchev–Trinajstić information content (AvgIpc) is 3.74. The molecule has 0 saturated heterocycles. The van der Waals surface area contributed by atoms with Crippen molar-refractivity contribution in [2.75, 3.05) is 4.90 Å². The monoisotopic (exact) mass is 891 g/mol. The number of rotatable bonds is 3. The van der Waals surface area contributed by atoms with E-state index in [0.29, 0.717) is 0 Å². The molecule has 0 radical (unpaired) electrons. The van der Waals surface area contributed by atoms with Gasteiger partial charge in [-0.2, -0.15) is 0 Å². The van der Waals surface area contributed by atoms with Crippen molar-refractivity contribution in [2.24, 2.45) is 0 Å². The topological polar surface area (TPSA) is 12.5 Å². The largest absolute Gasteiger partial charge is 0.456 e. The normalized spacial score (nSPS) is 15.6. The summed E-state index contributed by atoms with van der Waals surface area (Å²) < 4.78 is 6.85. The highest BCUT2D eigenvalue weighted by molar-refractivity contribution is 6.07. The van der Waals surface area contributed by atoms with E-state index in [1.807, 2.05) is 0 Å². The molecule has 0 bridgehead atoms. The molecule has 1 heterocycles. The van der Waals surface area contributed by atoms with Crippen molar-refractivity contribution in [1.29, 1.82) is 0 Å². The van der Waals surface area contributed by atoms with Crippen molar-refractivity contribution in [3.05, 3.63) is 270 Å². The fraction of sp³-hybridized carbons (Fsp3) is 0.0588. The molecule has 2 heteroatoms. The standard InChI is InChI=1S/C68H45NO/c1-67(2)58-27-13-9-24-52(58)54-36-33-44(40-62(54)67)69(43-34-38-65-57(39-43)50-22-8-7-21-49(50)55-25-12-16-30-64(55)70-65)45-32-35-53-48-20-6-5-19-47(48)51-23-10-14-28-59(51)68(63(53)41-45)60-29-15-11-26-56(60)66-46-18-4-3-17-42(46)31-37-61(66)68/h3-41H,1-2H3. The summed E-state index contributed by atoms with van der Waals surface area (Å²) in [6.07, 6.45) is 0. The number of hydrogen-bond acceptors (Lipinski definition) is 2. The van der Waals surface area contributed by atoms with Crippen LogP contribution in [0.1, 0.15) is 47.2 Å². The quantitative estimate of drug-likeness (QED) is 0.175. The first kappa shape index (κ1) is 39.3. The van der Waals surface area contributed by atoms with Crippen molar-refractivity contribution in [2.45, 2.75) is 24.7 Å². The summed E-state index contributed by atoms with van der Waals surface area (Å²) in [4.78, 5) is 2.50. The van der Waals surface area contributed by atoms with Gasteiger partial charge >= 0.3 is 0 Å². The number of para-hydroxylation sites is 1. The fourth-order valence-electron chi connectivity index (χ4n) is 13.1. The van der Waals surface area contributed by atoms with Crippen molar-refractivity contribution in [3.63, 3.8) is 0 Å². The predicted molar refractivity (Wildman–Crippen MR) is 289 cm³/mol. The number of hydrogen-bond donors (Lipinski definition) is 0. The van der Waals surface area contributed by atoms with Crippen LogP contribution in [0.5, 0.6) is 11.5 Å². The molecule has 1 unspecified atom stereocenters. The fourth-order valence-corrected chi connectivity index (χ4v) is 13.1. The minimum Gasteiger partial charge on any atom is -0.456 e. The van der Waals surface area contributed by atoms with Crippen LogP contribution in [0, 0.1) is 0 Å².